The number of carboxylic acid groups (broad SMARTS) is 1. The minimum atomic E-state index is -4.30. The topological polar surface area (TPSA) is 76.0 Å². The second kappa shape index (κ2) is 4.15. The second-order valence-corrected chi connectivity index (χ2v) is 4.47. The van der Waals surface area contributed by atoms with Crippen molar-refractivity contribution in [2.24, 2.45) is 0 Å². The molecule has 0 aromatic heterocycles. The monoisotopic (exact) mass is 254 g/mol. The molecule has 2 atom stereocenters. The van der Waals surface area contributed by atoms with Gasteiger partial charge in [0.15, 0.2) is 11.4 Å². The number of aliphatic carboxylic acids is 1. The Hall–Kier alpha value is -0.790. The fraction of sp³-hybridized carbons (Fsp3) is 0.900. The molecule has 100 valence electrons. The normalized spacial score (nSPS) is 27.8. The summed E-state index contributed by atoms with van der Waals surface area (Å²) in [6.07, 6.45) is -1.84. The summed E-state index contributed by atoms with van der Waals surface area (Å²) in [5, 5.41) is 18.4. The van der Waals surface area contributed by atoms with Gasteiger partial charge in [0.1, 0.15) is 6.10 Å². The number of aliphatic hydroxyl groups is 1. The van der Waals surface area contributed by atoms with Crippen molar-refractivity contribution in [2.75, 3.05) is 6.61 Å². The molecule has 1 aliphatic rings. The third-order valence-electron chi connectivity index (χ3n) is 2.89. The first kappa shape index (κ1) is 14.3. The van der Waals surface area contributed by atoms with Crippen LogP contribution in [0.5, 0.6) is 0 Å². The predicted octanol–water partition coefficient (Wildman–Crippen LogP) is 0.999. The molecule has 7 heteroatoms. The standard InChI is InChI=1S/C10H16F2O5/c1-4-9(15,10(11,12)7(13)14)6-5-16-8(2,3)17-6/h6,15H,4-5H2,1-3H3,(H,13,14). The van der Waals surface area contributed by atoms with E-state index in [1.807, 2.05) is 0 Å². The first-order chi connectivity index (χ1) is 7.57. The molecule has 0 radical (unpaired) electrons. The summed E-state index contributed by atoms with van der Waals surface area (Å²) >= 11 is 0. The summed E-state index contributed by atoms with van der Waals surface area (Å²) in [4.78, 5) is 10.5. The number of hydrogen-bond donors (Lipinski definition) is 2. The molecule has 1 rings (SSSR count). The van der Waals surface area contributed by atoms with E-state index in [9.17, 15) is 18.7 Å². The Bertz CT molecular complexity index is 318. The van der Waals surface area contributed by atoms with Crippen LogP contribution in [-0.2, 0) is 14.3 Å². The minimum Gasteiger partial charge on any atom is -0.477 e. The van der Waals surface area contributed by atoms with E-state index in [2.05, 4.69) is 0 Å². The van der Waals surface area contributed by atoms with Crippen molar-refractivity contribution in [3.8, 4) is 0 Å². The maximum absolute atomic E-state index is 13.5. The van der Waals surface area contributed by atoms with Crippen LogP contribution in [0.2, 0.25) is 0 Å². The number of ether oxygens (including phenoxy) is 2. The molecule has 2 N–H and O–H groups in total. The van der Waals surface area contributed by atoms with Gasteiger partial charge in [0, 0.05) is 0 Å². The van der Waals surface area contributed by atoms with E-state index in [0.717, 1.165) is 0 Å². The van der Waals surface area contributed by atoms with Gasteiger partial charge < -0.3 is 19.7 Å². The molecule has 0 amide bonds. The molecular weight excluding hydrogens is 238 g/mol. The first-order valence-corrected chi connectivity index (χ1v) is 5.22. The van der Waals surface area contributed by atoms with Gasteiger partial charge >= 0.3 is 11.9 Å². The first-order valence-electron chi connectivity index (χ1n) is 5.22. The molecule has 1 saturated heterocycles. The highest BCUT2D eigenvalue weighted by atomic mass is 19.3. The Kier molecular flexibility index (Phi) is 3.48. The van der Waals surface area contributed by atoms with Gasteiger partial charge in [-0.15, -0.1) is 0 Å². The summed E-state index contributed by atoms with van der Waals surface area (Å²) in [5.41, 5.74) is -2.79. The molecule has 0 bridgehead atoms. The largest absolute Gasteiger partial charge is 0.477 e. The maximum Gasteiger partial charge on any atom is 0.377 e. The van der Waals surface area contributed by atoms with Crippen molar-refractivity contribution in [1.29, 1.82) is 0 Å². The summed E-state index contributed by atoms with van der Waals surface area (Å²) in [7, 11) is 0. The van der Waals surface area contributed by atoms with Crippen molar-refractivity contribution in [2.45, 2.75) is 50.6 Å². The average Bonchev–Trinajstić information content (AvgIpc) is 2.57. The van der Waals surface area contributed by atoms with E-state index in [1.54, 1.807) is 0 Å². The molecule has 5 nitrogen and oxygen atoms in total. The third kappa shape index (κ3) is 2.27. The molecule has 1 fully saturated rings. The van der Waals surface area contributed by atoms with Crippen molar-refractivity contribution in [3.63, 3.8) is 0 Å². The molecule has 0 aromatic carbocycles. The van der Waals surface area contributed by atoms with E-state index in [-0.39, 0.29) is 6.61 Å². The molecule has 0 aliphatic carbocycles. The zero-order chi connectivity index (χ0) is 13.5. The van der Waals surface area contributed by atoms with Crippen LogP contribution in [0.15, 0.2) is 0 Å². The fourth-order valence-corrected chi connectivity index (χ4v) is 1.76. The van der Waals surface area contributed by atoms with Crippen LogP contribution >= 0.6 is 0 Å². The van der Waals surface area contributed by atoms with Crippen molar-refractivity contribution in [3.05, 3.63) is 0 Å². The molecule has 2 unspecified atom stereocenters. The van der Waals surface area contributed by atoms with Crippen molar-refractivity contribution >= 4 is 5.97 Å². The number of halogens is 2. The Morgan fingerprint density at radius 2 is 2.06 bits per heavy atom. The van der Waals surface area contributed by atoms with Gasteiger partial charge in [-0.1, -0.05) is 6.92 Å². The predicted molar refractivity (Wildman–Crippen MR) is 52.7 cm³/mol. The van der Waals surface area contributed by atoms with Gasteiger partial charge in [0.2, 0.25) is 0 Å². The lowest BCUT2D eigenvalue weighted by atomic mass is 9.86. The van der Waals surface area contributed by atoms with E-state index in [0.29, 0.717) is 0 Å². The Balaban J connectivity index is 3.02. The number of rotatable bonds is 4. The van der Waals surface area contributed by atoms with E-state index < -0.39 is 35.8 Å². The smallest absolute Gasteiger partial charge is 0.377 e. The summed E-state index contributed by atoms with van der Waals surface area (Å²) in [6, 6.07) is 0. The van der Waals surface area contributed by atoms with Crippen LogP contribution in [0, 0.1) is 0 Å². The maximum atomic E-state index is 13.5. The number of alkyl halides is 2. The summed E-state index contributed by atoms with van der Waals surface area (Å²) in [5.74, 6) is -7.78. The van der Waals surface area contributed by atoms with Gasteiger partial charge in [-0.2, -0.15) is 8.78 Å². The van der Waals surface area contributed by atoms with E-state index in [4.69, 9.17) is 14.6 Å². The highest BCUT2D eigenvalue weighted by molar-refractivity contribution is 5.77. The van der Waals surface area contributed by atoms with Crippen LogP contribution in [-0.4, -0.2) is 46.2 Å². The van der Waals surface area contributed by atoms with Crippen LogP contribution in [0.3, 0.4) is 0 Å². The van der Waals surface area contributed by atoms with Crippen molar-refractivity contribution in [1.82, 2.24) is 0 Å². The van der Waals surface area contributed by atoms with Crippen LogP contribution in [0.1, 0.15) is 27.2 Å². The molecule has 1 heterocycles. The summed E-state index contributed by atoms with van der Waals surface area (Å²) < 4.78 is 37.2. The fourth-order valence-electron chi connectivity index (χ4n) is 1.76. The van der Waals surface area contributed by atoms with Crippen LogP contribution in [0.25, 0.3) is 0 Å². The highest BCUT2D eigenvalue weighted by Crippen LogP contribution is 2.40. The van der Waals surface area contributed by atoms with Crippen molar-refractivity contribution < 1.29 is 33.3 Å². The lowest BCUT2D eigenvalue weighted by Gasteiger charge is -2.36. The van der Waals surface area contributed by atoms with E-state index in [1.165, 1.54) is 20.8 Å². The second-order valence-electron chi connectivity index (χ2n) is 4.47. The lowest BCUT2D eigenvalue weighted by Crippen LogP contribution is -2.61. The zero-order valence-electron chi connectivity index (χ0n) is 9.87. The lowest BCUT2D eigenvalue weighted by molar-refractivity contribution is -0.247. The molecule has 1 aliphatic heterocycles. The number of carbonyl (C=O) groups is 1. The Labute approximate surface area is 97.3 Å². The molecule has 17 heavy (non-hydrogen) atoms. The molecule has 0 aromatic rings. The average molecular weight is 254 g/mol. The van der Waals surface area contributed by atoms with Gasteiger partial charge in [-0.25, -0.2) is 4.79 Å². The zero-order valence-corrected chi connectivity index (χ0v) is 9.87. The minimum absolute atomic E-state index is 0.278. The van der Waals surface area contributed by atoms with E-state index >= 15 is 0 Å². The molecular formula is C10H16F2O5. The van der Waals surface area contributed by atoms with Gasteiger partial charge in [0.05, 0.1) is 6.61 Å². The third-order valence-corrected chi connectivity index (χ3v) is 2.89. The molecule has 0 saturated carbocycles. The van der Waals surface area contributed by atoms with Crippen LogP contribution in [0.4, 0.5) is 8.78 Å². The highest BCUT2D eigenvalue weighted by Gasteiger charge is 2.64. The van der Waals surface area contributed by atoms with Gasteiger partial charge in [0.25, 0.3) is 0 Å². The van der Waals surface area contributed by atoms with Crippen LogP contribution < -0.4 is 0 Å². The SMILES string of the molecule is CCC(O)(C1COC(C)(C)O1)C(F)(F)C(=O)O. The molecule has 0 spiro atoms. The van der Waals surface area contributed by atoms with Gasteiger partial charge in [-0.3, -0.25) is 0 Å². The Morgan fingerprint density at radius 3 is 2.35 bits per heavy atom. The number of carboxylic acids is 1. The quantitative estimate of drug-likeness (QED) is 0.782. The number of hydrogen-bond acceptors (Lipinski definition) is 4. The van der Waals surface area contributed by atoms with Gasteiger partial charge in [-0.05, 0) is 20.3 Å². The summed E-state index contributed by atoms with van der Waals surface area (Å²) in [6.45, 7) is 4.00. The Morgan fingerprint density at radius 1 is 1.53 bits per heavy atom.